The highest BCUT2D eigenvalue weighted by molar-refractivity contribution is 4.69. The standard InChI is InChI=1S/C33H68/c1-7-10-17-25-32(27-21-14-12-13-19-23-30(4)5)29-33(26-18-11-8-2)28-22-16-15-20-24-31(6)9-3/h30-33H,7-29H2,1-6H3. The summed E-state index contributed by atoms with van der Waals surface area (Å²) >= 11 is 0. The van der Waals surface area contributed by atoms with Gasteiger partial charge in [0.2, 0.25) is 0 Å². The molecule has 0 nitrogen and oxygen atoms in total. The van der Waals surface area contributed by atoms with Crippen molar-refractivity contribution in [3.8, 4) is 0 Å². The lowest BCUT2D eigenvalue weighted by Crippen LogP contribution is -2.10. The SMILES string of the molecule is CCCCCC(CCCCCCCC(C)C)CC(CCCCC)CCCCCCC(C)CC. The quantitative estimate of drug-likeness (QED) is 0.112. The molecule has 0 saturated heterocycles. The van der Waals surface area contributed by atoms with Crippen molar-refractivity contribution in [2.75, 3.05) is 0 Å². The van der Waals surface area contributed by atoms with Crippen molar-refractivity contribution in [3.05, 3.63) is 0 Å². The molecular weight excluding hydrogens is 396 g/mol. The molecule has 0 spiro atoms. The Bertz CT molecular complexity index is 357. The molecule has 3 unspecified atom stereocenters. The lowest BCUT2D eigenvalue weighted by atomic mass is 9.82. The summed E-state index contributed by atoms with van der Waals surface area (Å²) in [5.41, 5.74) is 0. The van der Waals surface area contributed by atoms with Gasteiger partial charge in [-0.25, -0.2) is 0 Å². The van der Waals surface area contributed by atoms with Crippen LogP contribution in [0.25, 0.3) is 0 Å². The Labute approximate surface area is 212 Å². The van der Waals surface area contributed by atoms with Crippen molar-refractivity contribution in [1.29, 1.82) is 0 Å². The normalized spacial score (nSPS) is 14.6. The topological polar surface area (TPSA) is 0 Å². The minimum Gasteiger partial charge on any atom is -0.0654 e. The first-order valence-corrected chi connectivity index (χ1v) is 16.0. The van der Waals surface area contributed by atoms with E-state index >= 15 is 0 Å². The van der Waals surface area contributed by atoms with E-state index in [2.05, 4.69) is 41.5 Å². The molecule has 0 heteroatoms. The molecule has 0 N–H and O–H groups in total. The molecule has 0 aliphatic rings. The summed E-state index contributed by atoms with van der Waals surface area (Å²) in [6.45, 7) is 14.2. The molecule has 0 aromatic heterocycles. The summed E-state index contributed by atoms with van der Waals surface area (Å²) in [6.07, 6.45) is 33.8. The minimum absolute atomic E-state index is 0.887. The second-order valence-corrected chi connectivity index (χ2v) is 12.2. The van der Waals surface area contributed by atoms with Crippen molar-refractivity contribution in [2.45, 2.75) is 189 Å². The second kappa shape index (κ2) is 25.1. The molecule has 0 aromatic carbocycles. The first-order chi connectivity index (χ1) is 16.0. The average Bonchev–Trinajstić information content (AvgIpc) is 2.79. The third-order valence-corrected chi connectivity index (χ3v) is 8.25. The van der Waals surface area contributed by atoms with Crippen LogP contribution < -0.4 is 0 Å². The molecule has 0 aromatic rings. The Balaban J connectivity index is 4.39. The average molecular weight is 465 g/mol. The Hall–Kier alpha value is 0. The van der Waals surface area contributed by atoms with Gasteiger partial charge in [-0.3, -0.25) is 0 Å². The van der Waals surface area contributed by atoms with Crippen LogP contribution in [-0.2, 0) is 0 Å². The van der Waals surface area contributed by atoms with Crippen LogP contribution in [0.15, 0.2) is 0 Å². The molecule has 0 fully saturated rings. The highest BCUT2D eigenvalue weighted by atomic mass is 14.2. The van der Waals surface area contributed by atoms with Gasteiger partial charge in [0, 0.05) is 0 Å². The predicted octanol–water partition coefficient (Wildman–Crippen LogP) is 12.5. The number of hydrogen-bond acceptors (Lipinski definition) is 0. The molecule has 0 aliphatic carbocycles. The van der Waals surface area contributed by atoms with Crippen LogP contribution in [0.2, 0.25) is 0 Å². The number of unbranched alkanes of at least 4 members (excludes halogenated alkanes) is 11. The molecule has 0 heterocycles. The molecule has 0 bridgehead atoms. The first kappa shape index (κ1) is 33.0. The largest absolute Gasteiger partial charge is 0.0654 e. The van der Waals surface area contributed by atoms with Gasteiger partial charge >= 0.3 is 0 Å². The van der Waals surface area contributed by atoms with Crippen molar-refractivity contribution < 1.29 is 0 Å². The van der Waals surface area contributed by atoms with Crippen molar-refractivity contribution in [1.82, 2.24) is 0 Å². The Morgan fingerprint density at radius 1 is 0.394 bits per heavy atom. The molecular formula is C33H68. The van der Waals surface area contributed by atoms with Gasteiger partial charge in [-0.1, -0.05) is 183 Å². The lowest BCUT2D eigenvalue weighted by molar-refractivity contribution is 0.283. The Morgan fingerprint density at radius 2 is 0.758 bits per heavy atom. The van der Waals surface area contributed by atoms with E-state index in [0.717, 1.165) is 23.7 Å². The van der Waals surface area contributed by atoms with Crippen molar-refractivity contribution >= 4 is 0 Å². The maximum Gasteiger partial charge on any atom is -0.0412 e. The summed E-state index contributed by atoms with van der Waals surface area (Å²) in [5.74, 6) is 3.86. The van der Waals surface area contributed by atoms with Gasteiger partial charge in [0.15, 0.2) is 0 Å². The molecule has 0 amide bonds. The summed E-state index contributed by atoms with van der Waals surface area (Å²) in [6, 6.07) is 0. The van der Waals surface area contributed by atoms with E-state index in [1.54, 1.807) is 6.42 Å². The fourth-order valence-corrected chi connectivity index (χ4v) is 5.60. The zero-order valence-electron chi connectivity index (χ0n) is 24.6. The van der Waals surface area contributed by atoms with Crippen LogP contribution in [0.3, 0.4) is 0 Å². The van der Waals surface area contributed by atoms with Gasteiger partial charge < -0.3 is 0 Å². The molecule has 33 heavy (non-hydrogen) atoms. The summed E-state index contributed by atoms with van der Waals surface area (Å²) in [5, 5.41) is 0. The van der Waals surface area contributed by atoms with Crippen LogP contribution in [0, 0.1) is 23.7 Å². The fraction of sp³-hybridized carbons (Fsp3) is 1.00. The van der Waals surface area contributed by atoms with Crippen LogP contribution >= 0.6 is 0 Å². The highest BCUT2D eigenvalue weighted by Gasteiger charge is 2.16. The highest BCUT2D eigenvalue weighted by Crippen LogP contribution is 2.31. The lowest BCUT2D eigenvalue weighted by Gasteiger charge is -2.24. The summed E-state index contributed by atoms with van der Waals surface area (Å²) < 4.78 is 0. The van der Waals surface area contributed by atoms with E-state index in [0.29, 0.717) is 0 Å². The van der Waals surface area contributed by atoms with Gasteiger partial charge in [0.1, 0.15) is 0 Å². The van der Waals surface area contributed by atoms with E-state index in [1.165, 1.54) is 141 Å². The van der Waals surface area contributed by atoms with Crippen LogP contribution in [0.1, 0.15) is 189 Å². The monoisotopic (exact) mass is 465 g/mol. The minimum atomic E-state index is 0.887. The first-order valence-electron chi connectivity index (χ1n) is 16.0. The third-order valence-electron chi connectivity index (χ3n) is 8.25. The third kappa shape index (κ3) is 23.5. The molecule has 0 rings (SSSR count). The van der Waals surface area contributed by atoms with E-state index in [-0.39, 0.29) is 0 Å². The number of hydrogen-bond donors (Lipinski definition) is 0. The fourth-order valence-electron chi connectivity index (χ4n) is 5.60. The van der Waals surface area contributed by atoms with Gasteiger partial charge in [-0.05, 0) is 30.1 Å². The molecule has 0 aliphatic heterocycles. The Morgan fingerprint density at radius 3 is 1.15 bits per heavy atom. The van der Waals surface area contributed by atoms with Gasteiger partial charge in [0.25, 0.3) is 0 Å². The Kier molecular flexibility index (Phi) is 25.1. The zero-order valence-corrected chi connectivity index (χ0v) is 24.6. The van der Waals surface area contributed by atoms with Gasteiger partial charge in [-0.15, -0.1) is 0 Å². The second-order valence-electron chi connectivity index (χ2n) is 12.2. The van der Waals surface area contributed by atoms with Crippen LogP contribution in [0.4, 0.5) is 0 Å². The zero-order chi connectivity index (χ0) is 24.6. The van der Waals surface area contributed by atoms with E-state index < -0.39 is 0 Å². The molecule has 0 saturated carbocycles. The summed E-state index contributed by atoms with van der Waals surface area (Å²) in [4.78, 5) is 0. The van der Waals surface area contributed by atoms with Gasteiger partial charge in [-0.2, -0.15) is 0 Å². The molecule has 200 valence electrons. The smallest absolute Gasteiger partial charge is 0.0412 e. The van der Waals surface area contributed by atoms with E-state index in [4.69, 9.17) is 0 Å². The maximum atomic E-state index is 2.42. The van der Waals surface area contributed by atoms with Crippen molar-refractivity contribution in [2.24, 2.45) is 23.7 Å². The van der Waals surface area contributed by atoms with E-state index in [9.17, 15) is 0 Å². The van der Waals surface area contributed by atoms with Gasteiger partial charge in [0.05, 0.1) is 0 Å². The predicted molar refractivity (Wildman–Crippen MR) is 154 cm³/mol. The number of rotatable bonds is 26. The molecule has 3 atom stereocenters. The van der Waals surface area contributed by atoms with Crippen molar-refractivity contribution in [3.63, 3.8) is 0 Å². The maximum absolute atomic E-state index is 2.42. The van der Waals surface area contributed by atoms with E-state index in [1.807, 2.05) is 0 Å². The van der Waals surface area contributed by atoms with Crippen LogP contribution in [0.5, 0.6) is 0 Å². The van der Waals surface area contributed by atoms with Crippen LogP contribution in [-0.4, -0.2) is 0 Å². The summed E-state index contributed by atoms with van der Waals surface area (Å²) in [7, 11) is 0. The molecule has 0 radical (unpaired) electrons.